The molecule has 29 heteroatoms. The number of unbranched alkanes of at least 4 members (excludes halogenated alkanes) is 1. The van der Waals surface area contributed by atoms with Crippen molar-refractivity contribution in [3.05, 3.63) is 0 Å². The van der Waals surface area contributed by atoms with Gasteiger partial charge in [0.15, 0.2) is 0 Å². The van der Waals surface area contributed by atoms with Crippen molar-refractivity contribution in [2.24, 2.45) is 20.6 Å². The van der Waals surface area contributed by atoms with Crippen molar-refractivity contribution in [2.45, 2.75) is 91.7 Å². The van der Waals surface area contributed by atoms with Crippen molar-refractivity contribution < 1.29 is 72.7 Å². The van der Waals surface area contributed by atoms with Crippen LogP contribution in [0.1, 0.15) is 85.5 Å². The Hall–Kier alpha value is -4.84. The molecule has 0 aliphatic heterocycles. The Labute approximate surface area is 507 Å². The van der Waals surface area contributed by atoms with Crippen LogP contribution in [0.25, 0.3) is 0 Å². The lowest BCUT2D eigenvalue weighted by Gasteiger charge is -2.36. The molecule has 1 unspecified atom stereocenters. The molecule has 85 heavy (non-hydrogen) atoms. The molecule has 0 amide bonds. The van der Waals surface area contributed by atoms with Gasteiger partial charge in [0.2, 0.25) is 6.23 Å². The van der Waals surface area contributed by atoms with Crippen LogP contribution in [0.15, 0.2) is 20.6 Å². The Bertz CT molecular complexity index is 1690. The molecule has 0 bridgehead atoms. The summed E-state index contributed by atoms with van der Waals surface area (Å²) >= 11 is 0. The number of oxime groups is 4. The highest BCUT2D eigenvalue weighted by atomic mass is 17.3. The topological polar surface area (TPSA) is 313 Å². The molecule has 488 valence electrons. The van der Waals surface area contributed by atoms with Crippen molar-refractivity contribution in [3.8, 4) is 24.3 Å². The quantitative estimate of drug-likeness (QED) is 0.0298. The standard InChI is InChI=1S/C56H104N14O15/c1-5-18-61-82-56(54-71)70(36-47-81-85-64-21-8-4)29-28-69(27-24-67(34-45-79-83-62-19-6-2)35-46-80-84-63-20-7-3)55-68(25-22-65(30-41-72-37-10-9-14-57)31-42-76-51-48-73-38-11-15-58)26-23-66(32-43-77-52-49-74-39-12-16-59)33-44-78-53-50-75-40-13-17-60/h18-21,56,71H,5-13,22-55H2,1-4H3/b61-18+,62-19+,63-20+,64-21+. The van der Waals surface area contributed by atoms with Crippen LogP contribution in [0, 0.1) is 45.3 Å². The number of nitrogens with zero attached hydrogens (tertiary/aromatic N) is 14. The highest BCUT2D eigenvalue weighted by molar-refractivity contribution is 5.56. The summed E-state index contributed by atoms with van der Waals surface area (Å²) in [4.78, 5) is 50.7. The van der Waals surface area contributed by atoms with Crippen LogP contribution in [0.3, 0.4) is 0 Å². The van der Waals surface area contributed by atoms with Gasteiger partial charge < -0.3 is 43.1 Å². The van der Waals surface area contributed by atoms with E-state index in [4.69, 9.17) is 88.7 Å². The van der Waals surface area contributed by atoms with Gasteiger partial charge in [-0.1, -0.05) is 48.3 Å². The number of aliphatic hydroxyl groups excluding tert-OH is 1. The Morgan fingerprint density at radius 2 is 0.671 bits per heavy atom. The molecule has 0 spiro atoms. The van der Waals surface area contributed by atoms with Crippen LogP contribution in [0.5, 0.6) is 0 Å². The SMILES string of the molecule is CC/C=N/OOCCN(CCOO/N=C/CC)CCN(CCN(CCOO/N=C/CC)C(CO)O/N=C/CC)CN(CCN(CCOCCCC#N)CCOCCOCCC#N)CCN(CCOCCOCCC#N)CCOCCOCCC#N. The van der Waals surface area contributed by atoms with E-state index in [1.54, 1.807) is 24.9 Å². The third kappa shape index (κ3) is 55.5. The fraction of sp³-hybridized carbons (Fsp3) is 0.857. The maximum atomic E-state index is 10.7. The Morgan fingerprint density at radius 3 is 1.04 bits per heavy atom. The number of nitriles is 4. The van der Waals surface area contributed by atoms with Crippen LogP contribution >= 0.6 is 0 Å². The van der Waals surface area contributed by atoms with E-state index in [1.165, 1.54) is 0 Å². The molecule has 0 fully saturated rings. The normalized spacial score (nSPS) is 12.3. The minimum absolute atomic E-state index is 0.120. The average molecular weight is 1210 g/mol. The second-order valence-electron chi connectivity index (χ2n) is 18.4. The predicted octanol–water partition coefficient (Wildman–Crippen LogP) is 3.68. The first-order valence-electron chi connectivity index (χ1n) is 30.0. The van der Waals surface area contributed by atoms with Crippen molar-refractivity contribution in [1.82, 2.24) is 29.4 Å². The van der Waals surface area contributed by atoms with Gasteiger partial charge >= 0.3 is 0 Å². The van der Waals surface area contributed by atoms with Crippen molar-refractivity contribution in [2.75, 3.05) is 224 Å². The zero-order valence-corrected chi connectivity index (χ0v) is 51.7. The fourth-order valence-corrected chi connectivity index (χ4v) is 7.17. The Balaban J connectivity index is 7.27. The number of hydrogen-bond donors (Lipinski definition) is 1. The number of rotatable bonds is 67. The first kappa shape index (κ1) is 80.2. The average Bonchev–Trinajstić information content (AvgIpc) is 3.57. The largest absolute Gasteiger partial charge is 0.391 e. The molecule has 0 aliphatic rings. The van der Waals surface area contributed by atoms with Crippen molar-refractivity contribution in [3.63, 3.8) is 0 Å². The van der Waals surface area contributed by atoms with Gasteiger partial charge in [-0.2, -0.15) is 35.7 Å². The third-order valence-corrected chi connectivity index (χ3v) is 11.8. The van der Waals surface area contributed by atoms with Crippen LogP contribution < -0.4 is 0 Å². The Morgan fingerprint density at radius 1 is 0.353 bits per heavy atom. The first-order chi connectivity index (χ1) is 42.0. The van der Waals surface area contributed by atoms with E-state index in [0.29, 0.717) is 255 Å². The summed E-state index contributed by atoms with van der Waals surface area (Å²) < 4.78 is 40.6. The van der Waals surface area contributed by atoms with E-state index < -0.39 is 6.23 Å². The lowest BCUT2D eigenvalue weighted by atomic mass is 10.3. The second kappa shape index (κ2) is 66.7. The smallest absolute Gasteiger partial charge is 0.204 e. The molecule has 0 saturated heterocycles. The zero-order valence-electron chi connectivity index (χ0n) is 51.7. The summed E-state index contributed by atoms with van der Waals surface area (Å²) in [6.45, 7) is 22.5. The summed E-state index contributed by atoms with van der Waals surface area (Å²) in [5.41, 5.74) is 0. The van der Waals surface area contributed by atoms with Gasteiger partial charge in [-0.25, -0.2) is 15.0 Å². The fourth-order valence-electron chi connectivity index (χ4n) is 7.17. The minimum Gasteiger partial charge on any atom is -0.391 e. The first-order valence-corrected chi connectivity index (χ1v) is 30.0. The predicted molar refractivity (Wildman–Crippen MR) is 318 cm³/mol. The molecule has 0 aromatic rings. The maximum absolute atomic E-state index is 10.7. The van der Waals surface area contributed by atoms with E-state index >= 15 is 0 Å². The Kier molecular flexibility index (Phi) is 62.9. The van der Waals surface area contributed by atoms with E-state index in [0.717, 1.165) is 0 Å². The van der Waals surface area contributed by atoms with Gasteiger partial charge in [0, 0.05) is 136 Å². The minimum atomic E-state index is -0.798. The van der Waals surface area contributed by atoms with Gasteiger partial charge in [0.05, 0.1) is 143 Å². The van der Waals surface area contributed by atoms with E-state index in [-0.39, 0.29) is 26.4 Å². The molecule has 1 N–H and O–H groups in total. The van der Waals surface area contributed by atoms with E-state index in [9.17, 15) is 5.11 Å². The lowest BCUT2D eigenvalue weighted by Crippen LogP contribution is -2.51. The zero-order chi connectivity index (χ0) is 61.8. The van der Waals surface area contributed by atoms with Gasteiger partial charge in [0.25, 0.3) is 0 Å². The molecule has 0 aromatic carbocycles. The summed E-state index contributed by atoms with van der Waals surface area (Å²) in [6, 6.07) is 8.45. The monoisotopic (exact) mass is 1210 g/mol. The summed E-state index contributed by atoms with van der Waals surface area (Å²) in [5.74, 6) is 0. The molecule has 0 saturated carbocycles. The van der Waals surface area contributed by atoms with Gasteiger partial charge in [-0.15, -0.1) is 0 Å². The molecule has 0 heterocycles. The third-order valence-electron chi connectivity index (χ3n) is 11.8. The van der Waals surface area contributed by atoms with Gasteiger partial charge in [0.1, 0.15) is 19.8 Å². The van der Waals surface area contributed by atoms with Crippen molar-refractivity contribution in [1.29, 1.82) is 21.0 Å². The highest BCUT2D eigenvalue weighted by Crippen LogP contribution is 2.08. The van der Waals surface area contributed by atoms with Crippen molar-refractivity contribution >= 4 is 24.9 Å². The molecule has 29 nitrogen and oxygen atoms in total. The van der Waals surface area contributed by atoms with E-state index in [2.05, 4.69) is 69.4 Å². The number of aliphatic hydroxyl groups is 1. The van der Waals surface area contributed by atoms with Crippen LogP contribution in [-0.4, -0.2) is 289 Å². The van der Waals surface area contributed by atoms with Crippen LogP contribution in [0.4, 0.5) is 0 Å². The number of ether oxygens (including phenoxy) is 7. The lowest BCUT2D eigenvalue weighted by molar-refractivity contribution is -0.302. The molecule has 1 atom stereocenters. The van der Waals surface area contributed by atoms with Crippen LogP contribution in [0.2, 0.25) is 0 Å². The van der Waals surface area contributed by atoms with E-state index in [1.807, 2.05) is 32.6 Å². The summed E-state index contributed by atoms with van der Waals surface area (Å²) in [7, 11) is 0. The number of hydrogen-bond acceptors (Lipinski definition) is 29. The molecular formula is C56H104N14O15. The van der Waals surface area contributed by atoms with Crippen LogP contribution in [-0.2, 0) is 67.6 Å². The summed E-state index contributed by atoms with van der Waals surface area (Å²) in [6.07, 6.45) is 10.4. The second-order valence-corrected chi connectivity index (χ2v) is 18.4. The molecular weight excluding hydrogens is 1110 g/mol. The molecule has 0 aromatic heterocycles. The molecule has 0 rings (SSSR count). The summed E-state index contributed by atoms with van der Waals surface area (Å²) in [5, 5.41) is 62.1. The molecule has 0 radical (unpaired) electrons. The molecule has 0 aliphatic carbocycles. The maximum Gasteiger partial charge on any atom is 0.204 e. The highest BCUT2D eigenvalue weighted by Gasteiger charge is 2.23. The van der Waals surface area contributed by atoms with Gasteiger partial charge in [-0.05, 0) is 32.1 Å². The van der Waals surface area contributed by atoms with Gasteiger partial charge in [-0.3, -0.25) is 29.4 Å².